The topological polar surface area (TPSA) is 80.7 Å². The van der Waals surface area contributed by atoms with Crippen LogP contribution >= 0.6 is 0 Å². The zero-order valence-corrected chi connectivity index (χ0v) is 11.4. The van der Waals surface area contributed by atoms with Crippen molar-refractivity contribution in [1.82, 2.24) is 0 Å². The number of aliphatic hydroxyl groups excluding tert-OH is 1. The summed E-state index contributed by atoms with van der Waals surface area (Å²) in [4.78, 5) is 11.8. The molecule has 1 aliphatic rings. The first-order valence-electron chi connectivity index (χ1n) is 6.10. The van der Waals surface area contributed by atoms with Crippen LogP contribution in [0.1, 0.15) is 23.7 Å². The van der Waals surface area contributed by atoms with Crippen molar-refractivity contribution in [3.05, 3.63) is 29.8 Å². The van der Waals surface area contributed by atoms with Crippen LogP contribution in [0.15, 0.2) is 24.3 Å². The van der Waals surface area contributed by atoms with Crippen molar-refractivity contribution >= 4 is 15.6 Å². The third kappa shape index (κ3) is 3.13. The van der Waals surface area contributed by atoms with Crippen LogP contribution in [0.25, 0.3) is 0 Å². The highest BCUT2D eigenvalue weighted by Crippen LogP contribution is 2.24. The molecular weight excluding hydrogens is 268 g/mol. The average molecular weight is 284 g/mol. The second kappa shape index (κ2) is 5.30. The van der Waals surface area contributed by atoms with Gasteiger partial charge in [0.25, 0.3) is 0 Å². The lowest BCUT2D eigenvalue weighted by atomic mass is 10.1. The number of hydrogen-bond acceptors (Lipinski definition) is 5. The molecule has 2 rings (SSSR count). The summed E-state index contributed by atoms with van der Waals surface area (Å²) in [7, 11) is -3.26. The molecule has 1 N–H and O–H groups in total. The van der Waals surface area contributed by atoms with Crippen LogP contribution in [0.2, 0.25) is 0 Å². The Hall–Kier alpha value is -1.40. The van der Waals surface area contributed by atoms with Gasteiger partial charge in [0.05, 0.1) is 17.1 Å². The maximum absolute atomic E-state index is 11.8. The van der Waals surface area contributed by atoms with Crippen LogP contribution in [0.5, 0.6) is 5.75 Å². The molecule has 0 amide bonds. The Morgan fingerprint density at radius 3 is 2.63 bits per heavy atom. The minimum atomic E-state index is -3.26. The van der Waals surface area contributed by atoms with E-state index >= 15 is 0 Å². The Balaban J connectivity index is 2.23. The highest BCUT2D eigenvalue weighted by molar-refractivity contribution is 7.91. The van der Waals surface area contributed by atoms with Gasteiger partial charge in [0, 0.05) is 6.42 Å². The number of benzene rings is 1. The number of para-hydroxylation sites is 1. The van der Waals surface area contributed by atoms with Crippen molar-refractivity contribution in [3.63, 3.8) is 0 Å². The van der Waals surface area contributed by atoms with Crippen LogP contribution in [-0.4, -0.2) is 43.0 Å². The number of aliphatic hydroxyl groups is 1. The molecule has 6 heteroatoms. The van der Waals surface area contributed by atoms with Gasteiger partial charge in [-0.3, -0.25) is 4.79 Å². The van der Waals surface area contributed by atoms with E-state index in [-0.39, 0.29) is 17.3 Å². The number of carbonyl (C=O) groups excluding carboxylic acids is 1. The summed E-state index contributed by atoms with van der Waals surface area (Å²) in [6, 6.07) is 6.67. The molecule has 5 nitrogen and oxygen atoms in total. The zero-order valence-electron chi connectivity index (χ0n) is 10.6. The first kappa shape index (κ1) is 14.0. The van der Waals surface area contributed by atoms with Gasteiger partial charge in [-0.15, -0.1) is 0 Å². The summed E-state index contributed by atoms with van der Waals surface area (Å²) in [6.07, 6.45) is -1.52. The molecule has 0 saturated carbocycles. The number of hydrogen-bond donors (Lipinski definition) is 1. The normalized spacial score (nSPS) is 25.2. The third-order valence-corrected chi connectivity index (χ3v) is 4.74. The van der Waals surface area contributed by atoms with Gasteiger partial charge in [-0.25, -0.2) is 8.42 Å². The summed E-state index contributed by atoms with van der Waals surface area (Å²) in [5.74, 6) is -0.258. The van der Waals surface area contributed by atoms with E-state index in [1.165, 1.54) is 0 Å². The second-order valence-electron chi connectivity index (χ2n) is 4.57. The number of rotatable bonds is 4. The molecule has 0 bridgehead atoms. The summed E-state index contributed by atoms with van der Waals surface area (Å²) < 4.78 is 28.3. The fourth-order valence-electron chi connectivity index (χ4n) is 2.06. The molecule has 0 spiro atoms. The summed E-state index contributed by atoms with van der Waals surface area (Å²) in [5.41, 5.74) is 0.418. The fraction of sp³-hybridized carbons (Fsp3) is 0.462. The zero-order chi connectivity index (χ0) is 14.0. The number of carbonyl (C=O) groups is 1. The second-order valence-corrected chi connectivity index (χ2v) is 6.73. The van der Waals surface area contributed by atoms with Crippen LogP contribution < -0.4 is 4.74 Å². The van der Waals surface area contributed by atoms with Gasteiger partial charge in [-0.2, -0.15) is 0 Å². The van der Waals surface area contributed by atoms with Crippen LogP contribution in [0, 0.1) is 0 Å². The largest absolute Gasteiger partial charge is 0.486 e. The van der Waals surface area contributed by atoms with Crippen LogP contribution in [0.3, 0.4) is 0 Å². The lowest BCUT2D eigenvalue weighted by Crippen LogP contribution is -2.30. The van der Waals surface area contributed by atoms with Gasteiger partial charge >= 0.3 is 0 Å². The van der Waals surface area contributed by atoms with Crippen LogP contribution in [-0.2, 0) is 9.84 Å². The van der Waals surface area contributed by atoms with E-state index in [0.717, 1.165) is 0 Å². The number of ketones is 1. The van der Waals surface area contributed by atoms with Crippen molar-refractivity contribution in [3.8, 4) is 5.75 Å². The molecule has 1 heterocycles. The van der Waals surface area contributed by atoms with Gasteiger partial charge in [0.15, 0.2) is 15.6 Å². The smallest absolute Gasteiger partial charge is 0.166 e. The van der Waals surface area contributed by atoms with Crippen molar-refractivity contribution in [2.45, 2.75) is 25.6 Å². The van der Waals surface area contributed by atoms with Crippen molar-refractivity contribution in [1.29, 1.82) is 0 Å². The molecule has 0 aromatic heterocycles. The summed E-state index contributed by atoms with van der Waals surface area (Å²) >= 11 is 0. The third-order valence-electron chi connectivity index (χ3n) is 3.06. The lowest BCUT2D eigenvalue weighted by Gasteiger charge is -2.17. The SMILES string of the molecule is CCC(=O)c1ccccc1OC1CS(=O)(=O)CC1O. The first-order valence-corrected chi connectivity index (χ1v) is 7.92. The Morgan fingerprint density at radius 1 is 1.37 bits per heavy atom. The molecule has 2 atom stereocenters. The van der Waals surface area contributed by atoms with Gasteiger partial charge in [0.1, 0.15) is 18.0 Å². The maximum Gasteiger partial charge on any atom is 0.166 e. The van der Waals surface area contributed by atoms with E-state index in [1.807, 2.05) is 0 Å². The first-order chi connectivity index (χ1) is 8.93. The molecule has 2 unspecified atom stereocenters. The van der Waals surface area contributed by atoms with E-state index in [4.69, 9.17) is 4.74 Å². The van der Waals surface area contributed by atoms with E-state index < -0.39 is 22.0 Å². The minimum Gasteiger partial charge on any atom is -0.486 e. The van der Waals surface area contributed by atoms with E-state index in [0.29, 0.717) is 17.7 Å². The highest BCUT2D eigenvalue weighted by atomic mass is 32.2. The molecule has 104 valence electrons. The summed E-state index contributed by atoms with van der Waals surface area (Å²) in [5, 5.41) is 9.68. The van der Waals surface area contributed by atoms with Crippen molar-refractivity contribution < 1.29 is 23.1 Å². The Labute approximate surface area is 112 Å². The molecule has 19 heavy (non-hydrogen) atoms. The van der Waals surface area contributed by atoms with Gasteiger partial charge in [-0.05, 0) is 12.1 Å². The Kier molecular flexibility index (Phi) is 3.91. The standard InChI is InChI=1S/C13H16O5S/c1-2-10(14)9-5-3-4-6-12(9)18-13-8-19(16,17)7-11(13)15/h3-6,11,13,15H,2,7-8H2,1H3. The van der Waals surface area contributed by atoms with E-state index in [2.05, 4.69) is 0 Å². The molecule has 1 aromatic carbocycles. The number of Topliss-reactive ketones (excluding diaryl/α,β-unsaturated/α-hetero) is 1. The monoisotopic (exact) mass is 284 g/mol. The van der Waals surface area contributed by atoms with E-state index in [9.17, 15) is 18.3 Å². The van der Waals surface area contributed by atoms with E-state index in [1.54, 1.807) is 31.2 Å². The lowest BCUT2D eigenvalue weighted by molar-refractivity contribution is 0.0721. The van der Waals surface area contributed by atoms with Gasteiger partial charge in [0.2, 0.25) is 0 Å². The van der Waals surface area contributed by atoms with Crippen molar-refractivity contribution in [2.75, 3.05) is 11.5 Å². The highest BCUT2D eigenvalue weighted by Gasteiger charge is 2.38. The molecule has 1 aromatic rings. The van der Waals surface area contributed by atoms with Gasteiger partial charge in [-0.1, -0.05) is 19.1 Å². The maximum atomic E-state index is 11.8. The van der Waals surface area contributed by atoms with Crippen molar-refractivity contribution in [2.24, 2.45) is 0 Å². The summed E-state index contributed by atoms with van der Waals surface area (Å²) in [6.45, 7) is 1.74. The minimum absolute atomic E-state index is 0.0778. The predicted octanol–water partition coefficient (Wildman–Crippen LogP) is 0.816. The quantitative estimate of drug-likeness (QED) is 0.828. The molecular formula is C13H16O5S. The molecule has 1 aliphatic heterocycles. The fourth-order valence-corrected chi connectivity index (χ4v) is 3.72. The van der Waals surface area contributed by atoms with Gasteiger partial charge < -0.3 is 9.84 Å². The van der Waals surface area contributed by atoms with Crippen LogP contribution in [0.4, 0.5) is 0 Å². The molecule has 1 fully saturated rings. The molecule has 1 saturated heterocycles. The molecule has 0 radical (unpaired) electrons. The Bertz CT molecular complexity index is 578. The average Bonchev–Trinajstić information content (AvgIpc) is 2.62. The molecule has 0 aliphatic carbocycles. The number of ether oxygens (including phenoxy) is 1. The predicted molar refractivity (Wildman–Crippen MR) is 70.1 cm³/mol. The number of sulfone groups is 1. The Morgan fingerprint density at radius 2 is 2.05 bits per heavy atom.